The first-order chi connectivity index (χ1) is 16.1. The predicted octanol–water partition coefficient (Wildman–Crippen LogP) is 2.28. The maximum atomic E-state index is 12.8. The molecule has 0 bridgehead atoms. The van der Waals surface area contributed by atoms with Gasteiger partial charge in [0.05, 0.1) is 22.3 Å². The van der Waals surface area contributed by atoms with Crippen LogP contribution in [0.4, 0.5) is 5.69 Å². The van der Waals surface area contributed by atoms with Gasteiger partial charge in [0.25, 0.3) is 5.91 Å². The average molecular weight is 485 g/mol. The van der Waals surface area contributed by atoms with Gasteiger partial charge in [-0.2, -0.15) is 0 Å². The molecule has 4 rings (SSSR count). The van der Waals surface area contributed by atoms with E-state index in [0.717, 1.165) is 27.5 Å². The number of para-hydroxylation sites is 1. The molecule has 0 N–H and O–H groups in total. The van der Waals surface area contributed by atoms with Crippen LogP contribution < -0.4 is 4.90 Å². The zero-order chi connectivity index (χ0) is 24.6. The van der Waals surface area contributed by atoms with Crippen LogP contribution >= 0.6 is 0 Å². The van der Waals surface area contributed by atoms with Crippen molar-refractivity contribution >= 4 is 38.6 Å². The van der Waals surface area contributed by atoms with Crippen molar-refractivity contribution in [2.24, 2.45) is 7.05 Å². The van der Waals surface area contributed by atoms with Crippen LogP contribution in [0.25, 0.3) is 11.0 Å². The highest BCUT2D eigenvalue weighted by Crippen LogP contribution is 2.28. The quantitative estimate of drug-likeness (QED) is 0.477. The molecule has 1 aliphatic rings. The number of amides is 1. The summed E-state index contributed by atoms with van der Waals surface area (Å²) in [5.74, 6) is -0.106. The summed E-state index contributed by atoms with van der Waals surface area (Å²) in [4.78, 5) is 31.6. The SMILES string of the molecule is C[C@H](OC(=O)CCc1nc2cc(S(=O)(=O)N(C)C)ccc2n1C)C(=O)N1CCc2ccccc21. The summed E-state index contributed by atoms with van der Waals surface area (Å²) in [5.41, 5.74) is 3.27. The van der Waals surface area contributed by atoms with E-state index in [1.165, 1.54) is 20.2 Å². The number of fused-ring (bicyclic) bond motifs is 2. The molecule has 9 nitrogen and oxygen atoms in total. The first kappa shape index (κ1) is 23.9. The first-order valence-electron chi connectivity index (χ1n) is 11.1. The number of imidazole rings is 1. The molecule has 2 heterocycles. The van der Waals surface area contributed by atoms with Crippen LogP contribution in [0.15, 0.2) is 47.4 Å². The van der Waals surface area contributed by atoms with Gasteiger partial charge in [-0.25, -0.2) is 17.7 Å². The summed E-state index contributed by atoms with van der Waals surface area (Å²) in [6.07, 6.45) is 0.242. The Morgan fingerprint density at radius 2 is 1.91 bits per heavy atom. The van der Waals surface area contributed by atoms with Crippen molar-refractivity contribution in [3.05, 3.63) is 53.9 Å². The summed E-state index contributed by atoms with van der Waals surface area (Å²) in [7, 11) is 1.19. The number of esters is 1. The molecule has 1 amide bonds. The molecule has 34 heavy (non-hydrogen) atoms. The highest BCUT2D eigenvalue weighted by molar-refractivity contribution is 7.89. The van der Waals surface area contributed by atoms with Gasteiger partial charge in [0, 0.05) is 39.8 Å². The minimum Gasteiger partial charge on any atom is -0.453 e. The largest absolute Gasteiger partial charge is 0.453 e. The smallest absolute Gasteiger partial charge is 0.307 e. The summed E-state index contributed by atoms with van der Waals surface area (Å²) >= 11 is 0. The number of nitrogens with zero attached hydrogens (tertiary/aromatic N) is 4. The topological polar surface area (TPSA) is 102 Å². The Balaban J connectivity index is 1.40. The standard InChI is InChI=1S/C24H28N4O5S/c1-16(24(30)28-14-13-17-7-5-6-8-20(17)28)33-23(29)12-11-22-25-19-15-18(34(31,32)26(2)3)9-10-21(19)27(22)4/h5-10,15-16H,11-14H2,1-4H3/t16-/m0/s1. The molecule has 10 heteroatoms. The van der Waals surface area contributed by atoms with Crippen molar-refractivity contribution in [1.29, 1.82) is 0 Å². The second-order valence-corrected chi connectivity index (χ2v) is 10.7. The predicted molar refractivity (Wildman–Crippen MR) is 128 cm³/mol. The lowest BCUT2D eigenvalue weighted by molar-refractivity contribution is -0.153. The third-order valence-corrected chi connectivity index (χ3v) is 7.90. The van der Waals surface area contributed by atoms with E-state index in [1.807, 2.05) is 35.9 Å². The summed E-state index contributed by atoms with van der Waals surface area (Å²) < 4.78 is 33.2. The van der Waals surface area contributed by atoms with Gasteiger partial charge in [0.15, 0.2) is 6.10 Å². The third-order valence-electron chi connectivity index (χ3n) is 6.09. The maximum Gasteiger partial charge on any atom is 0.307 e. The Morgan fingerprint density at radius 1 is 1.18 bits per heavy atom. The molecule has 0 spiro atoms. The molecule has 2 aromatic carbocycles. The van der Waals surface area contributed by atoms with Crippen molar-refractivity contribution in [2.75, 3.05) is 25.5 Å². The number of benzene rings is 2. The molecular weight excluding hydrogens is 456 g/mol. The van der Waals surface area contributed by atoms with E-state index in [2.05, 4.69) is 4.98 Å². The van der Waals surface area contributed by atoms with Gasteiger partial charge in [0.2, 0.25) is 10.0 Å². The van der Waals surface area contributed by atoms with E-state index in [1.54, 1.807) is 24.0 Å². The second-order valence-electron chi connectivity index (χ2n) is 8.53. The molecule has 1 aromatic heterocycles. The highest BCUT2D eigenvalue weighted by Gasteiger charge is 2.29. The fraction of sp³-hybridized carbons (Fsp3) is 0.375. The molecule has 0 unspecified atom stereocenters. The number of rotatable bonds is 7. The minimum atomic E-state index is -3.57. The van der Waals surface area contributed by atoms with E-state index in [9.17, 15) is 18.0 Å². The van der Waals surface area contributed by atoms with E-state index in [4.69, 9.17) is 4.74 Å². The Labute approximate surface area is 199 Å². The van der Waals surface area contributed by atoms with E-state index in [0.29, 0.717) is 24.3 Å². The normalized spacial score (nSPS) is 14.4. The van der Waals surface area contributed by atoms with E-state index in [-0.39, 0.29) is 17.2 Å². The summed E-state index contributed by atoms with van der Waals surface area (Å²) in [5, 5.41) is 0. The van der Waals surface area contributed by atoms with Crippen molar-refractivity contribution in [1.82, 2.24) is 13.9 Å². The molecule has 180 valence electrons. The van der Waals surface area contributed by atoms with E-state index < -0.39 is 22.1 Å². The van der Waals surface area contributed by atoms with Crippen LogP contribution in [0.1, 0.15) is 24.7 Å². The molecule has 0 radical (unpaired) electrons. The van der Waals surface area contributed by atoms with E-state index >= 15 is 0 Å². The van der Waals surface area contributed by atoms with Gasteiger partial charge in [0.1, 0.15) is 5.82 Å². The van der Waals surface area contributed by atoms with Gasteiger partial charge < -0.3 is 14.2 Å². The number of sulfonamides is 1. The molecule has 0 saturated carbocycles. The van der Waals surface area contributed by atoms with Gasteiger partial charge in [-0.15, -0.1) is 0 Å². The minimum absolute atomic E-state index is 0.0498. The molecule has 3 aromatic rings. The molecule has 0 saturated heterocycles. The Morgan fingerprint density at radius 3 is 2.65 bits per heavy atom. The van der Waals surface area contributed by atoms with Crippen molar-refractivity contribution in [2.45, 2.75) is 37.2 Å². The third kappa shape index (κ3) is 4.43. The monoisotopic (exact) mass is 484 g/mol. The zero-order valence-electron chi connectivity index (χ0n) is 19.7. The highest BCUT2D eigenvalue weighted by atomic mass is 32.2. The lowest BCUT2D eigenvalue weighted by Crippen LogP contribution is -2.39. The number of aryl methyl sites for hydroxylation is 2. The van der Waals surface area contributed by atoms with Gasteiger partial charge in [-0.3, -0.25) is 9.59 Å². The summed E-state index contributed by atoms with van der Waals surface area (Å²) in [6.45, 7) is 2.16. The molecule has 1 atom stereocenters. The van der Waals surface area contributed by atoms with Crippen molar-refractivity contribution in [3.8, 4) is 0 Å². The number of hydrogen-bond acceptors (Lipinski definition) is 6. The van der Waals surface area contributed by atoms with Crippen LogP contribution in [-0.4, -0.2) is 60.9 Å². The number of carbonyl (C=O) groups is 2. The number of ether oxygens (including phenoxy) is 1. The zero-order valence-corrected chi connectivity index (χ0v) is 20.5. The fourth-order valence-corrected chi connectivity index (χ4v) is 5.05. The number of aromatic nitrogens is 2. The summed E-state index contributed by atoms with van der Waals surface area (Å²) in [6, 6.07) is 12.5. The van der Waals surface area contributed by atoms with Crippen LogP contribution in [-0.2, 0) is 44.2 Å². The van der Waals surface area contributed by atoms with Crippen molar-refractivity contribution < 1.29 is 22.7 Å². The van der Waals surface area contributed by atoms with Crippen LogP contribution in [0.2, 0.25) is 0 Å². The number of hydrogen-bond donors (Lipinski definition) is 0. The van der Waals surface area contributed by atoms with Crippen LogP contribution in [0, 0.1) is 0 Å². The van der Waals surface area contributed by atoms with Gasteiger partial charge in [-0.05, 0) is 43.2 Å². The van der Waals surface area contributed by atoms with Crippen LogP contribution in [0.3, 0.4) is 0 Å². The molecular formula is C24H28N4O5S. The van der Waals surface area contributed by atoms with Crippen LogP contribution in [0.5, 0.6) is 0 Å². The Bertz CT molecular complexity index is 1360. The van der Waals surface area contributed by atoms with Crippen molar-refractivity contribution in [3.63, 3.8) is 0 Å². The number of carbonyl (C=O) groups excluding carboxylic acids is 2. The molecule has 0 aliphatic carbocycles. The maximum absolute atomic E-state index is 12.8. The average Bonchev–Trinajstić information content (AvgIpc) is 3.37. The second kappa shape index (κ2) is 9.19. The Hall–Kier alpha value is -3.24. The molecule has 0 fully saturated rings. The van der Waals surface area contributed by atoms with Gasteiger partial charge in [-0.1, -0.05) is 18.2 Å². The molecule has 1 aliphatic heterocycles. The Kier molecular flexibility index (Phi) is 6.46. The lowest BCUT2D eigenvalue weighted by atomic mass is 10.2. The fourth-order valence-electron chi connectivity index (χ4n) is 4.13. The first-order valence-corrected chi connectivity index (χ1v) is 12.5. The number of anilines is 1. The van der Waals surface area contributed by atoms with Gasteiger partial charge >= 0.3 is 5.97 Å². The lowest BCUT2D eigenvalue weighted by Gasteiger charge is -2.21.